The fourth-order valence-electron chi connectivity index (χ4n) is 1.80. The molecule has 0 aliphatic heterocycles. The second-order valence-corrected chi connectivity index (χ2v) is 6.30. The number of ether oxygens (including phenoxy) is 1. The quantitative estimate of drug-likeness (QED) is 0.802. The molecular weight excluding hydrogens is 278 g/mol. The Labute approximate surface area is 133 Å². The molecule has 0 bridgehead atoms. The van der Waals surface area contributed by atoms with Gasteiger partial charge in [-0.3, -0.25) is 9.98 Å². The van der Waals surface area contributed by atoms with Gasteiger partial charge in [0.15, 0.2) is 0 Å². The van der Waals surface area contributed by atoms with Crippen LogP contribution in [0.4, 0.5) is 10.5 Å². The van der Waals surface area contributed by atoms with Crippen LogP contribution in [-0.4, -0.2) is 28.9 Å². The van der Waals surface area contributed by atoms with Crippen LogP contribution in [0.1, 0.15) is 52.5 Å². The molecule has 0 fully saturated rings. The van der Waals surface area contributed by atoms with Crippen LogP contribution in [0.3, 0.4) is 0 Å². The van der Waals surface area contributed by atoms with Crippen molar-refractivity contribution < 1.29 is 9.53 Å². The monoisotopic (exact) mass is 305 g/mol. The third-order valence-corrected chi connectivity index (χ3v) is 2.94. The van der Waals surface area contributed by atoms with Crippen LogP contribution in [0.25, 0.3) is 0 Å². The number of alkyl carbamates (subject to hydrolysis) is 1. The van der Waals surface area contributed by atoms with Crippen LogP contribution in [0.5, 0.6) is 0 Å². The molecule has 1 aromatic rings. The summed E-state index contributed by atoms with van der Waals surface area (Å²) in [5.41, 5.74) is 2.36. The van der Waals surface area contributed by atoms with Gasteiger partial charge < -0.3 is 10.1 Å². The summed E-state index contributed by atoms with van der Waals surface area (Å²) >= 11 is 0. The zero-order chi connectivity index (χ0) is 16.6. The van der Waals surface area contributed by atoms with Gasteiger partial charge in [-0.15, -0.1) is 0 Å². The minimum atomic E-state index is -0.495. The van der Waals surface area contributed by atoms with Gasteiger partial charge in [0.25, 0.3) is 0 Å². The smallest absolute Gasteiger partial charge is 0.407 e. The van der Waals surface area contributed by atoms with E-state index in [4.69, 9.17) is 4.74 Å². The van der Waals surface area contributed by atoms with Crippen LogP contribution in [0, 0.1) is 6.92 Å². The van der Waals surface area contributed by atoms with Gasteiger partial charge in [-0.2, -0.15) is 0 Å². The summed E-state index contributed by atoms with van der Waals surface area (Å²) in [7, 11) is 0. The van der Waals surface area contributed by atoms with Crippen LogP contribution >= 0.6 is 0 Å². The van der Waals surface area contributed by atoms with Crippen molar-refractivity contribution in [1.82, 2.24) is 10.3 Å². The molecule has 1 rings (SSSR count). The number of hydrogen-bond donors (Lipinski definition) is 1. The highest BCUT2D eigenvalue weighted by molar-refractivity contribution is 5.91. The van der Waals surface area contributed by atoms with E-state index in [9.17, 15) is 4.79 Å². The Kier molecular flexibility index (Phi) is 7.02. The molecule has 22 heavy (non-hydrogen) atoms. The van der Waals surface area contributed by atoms with Crippen molar-refractivity contribution in [3.63, 3.8) is 0 Å². The lowest BCUT2D eigenvalue weighted by Crippen LogP contribution is -2.35. The van der Waals surface area contributed by atoms with Crippen LogP contribution in [-0.2, 0) is 4.74 Å². The number of amides is 1. The summed E-state index contributed by atoms with van der Waals surface area (Å²) in [4.78, 5) is 20.5. The van der Waals surface area contributed by atoms with Crippen molar-refractivity contribution in [2.45, 2.75) is 59.5 Å². The van der Waals surface area contributed by atoms with Crippen molar-refractivity contribution in [3.8, 4) is 0 Å². The zero-order valence-electron chi connectivity index (χ0n) is 14.3. The Bertz CT molecular complexity index is 519. The molecule has 1 aromatic heterocycles. The molecule has 0 aliphatic rings. The number of nitrogens with one attached hydrogen (secondary N) is 1. The van der Waals surface area contributed by atoms with Gasteiger partial charge in [-0.1, -0.05) is 13.3 Å². The number of pyridine rings is 1. The number of aromatic nitrogens is 1. The number of unbranched alkanes of at least 4 members (excludes halogenated alkanes) is 1. The molecule has 0 atom stereocenters. The van der Waals surface area contributed by atoms with Gasteiger partial charge in [-0.25, -0.2) is 4.79 Å². The minimum absolute atomic E-state index is 0.392. The maximum atomic E-state index is 11.8. The topological polar surface area (TPSA) is 63.6 Å². The molecule has 0 radical (unpaired) electrons. The molecule has 5 heteroatoms. The van der Waals surface area contributed by atoms with E-state index in [0.29, 0.717) is 6.54 Å². The Balaban J connectivity index is 2.73. The van der Waals surface area contributed by atoms with Crippen molar-refractivity contribution >= 4 is 17.5 Å². The largest absolute Gasteiger partial charge is 0.444 e. The minimum Gasteiger partial charge on any atom is -0.444 e. The maximum Gasteiger partial charge on any atom is 0.407 e. The first kappa shape index (κ1) is 18.1. The van der Waals surface area contributed by atoms with E-state index in [1.807, 2.05) is 33.8 Å². The van der Waals surface area contributed by atoms with E-state index >= 15 is 0 Å². The molecular formula is C17H27N3O2. The lowest BCUT2D eigenvalue weighted by molar-refractivity contribution is 0.0536. The molecule has 1 heterocycles. The molecule has 0 aromatic carbocycles. The van der Waals surface area contributed by atoms with Crippen LogP contribution in [0.2, 0.25) is 0 Å². The first-order chi connectivity index (χ1) is 10.3. The molecule has 0 aliphatic carbocycles. The summed E-state index contributed by atoms with van der Waals surface area (Å²) in [6.45, 7) is 10.1. The maximum absolute atomic E-state index is 11.8. The standard InChI is InChI=1S/C17H27N3O2/c1-6-7-8-14(11-19-16(21)22-17(3,4)5)20-15-12-18-10-9-13(15)2/h9-10,12H,6-8,11H2,1-5H3,(H,19,21). The zero-order valence-corrected chi connectivity index (χ0v) is 14.3. The highest BCUT2D eigenvalue weighted by Crippen LogP contribution is 2.17. The molecule has 1 N–H and O–H groups in total. The molecule has 0 spiro atoms. The molecule has 0 unspecified atom stereocenters. The predicted molar refractivity (Wildman–Crippen MR) is 89.8 cm³/mol. The highest BCUT2D eigenvalue weighted by Gasteiger charge is 2.16. The third kappa shape index (κ3) is 7.20. The Hall–Kier alpha value is -1.91. The Morgan fingerprint density at radius 2 is 2.14 bits per heavy atom. The number of carbonyl (C=O) groups is 1. The lowest BCUT2D eigenvalue weighted by Gasteiger charge is -2.20. The number of hydrogen-bond acceptors (Lipinski definition) is 4. The van der Waals surface area contributed by atoms with E-state index in [1.165, 1.54) is 0 Å². The normalized spacial score (nSPS) is 12.1. The number of carbonyl (C=O) groups excluding carboxylic acids is 1. The predicted octanol–water partition coefficient (Wildman–Crippen LogP) is 4.18. The van der Waals surface area contributed by atoms with Crippen LogP contribution in [0.15, 0.2) is 23.5 Å². The average molecular weight is 305 g/mol. The van der Waals surface area contributed by atoms with Crippen LogP contribution < -0.4 is 5.32 Å². The van der Waals surface area contributed by atoms with E-state index in [1.54, 1.807) is 12.4 Å². The summed E-state index contributed by atoms with van der Waals surface area (Å²) in [5, 5.41) is 2.78. The fourth-order valence-corrected chi connectivity index (χ4v) is 1.80. The number of rotatable bonds is 6. The van der Waals surface area contributed by atoms with Crippen molar-refractivity contribution in [2.24, 2.45) is 4.99 Å². The summed E-state index contributed by atoms with van der Waals surface area (Å²) < 4.78 is 5.25. The molecule has 0 saturated heterocycles. The fraction of sp³-hybridized carbons (Fsp3) is 0.588. The van der Waals surface area contributed by atoms with Crippen molar-refractivity contribution in [3.05, 3.63) is 24.0 Å². The highest BCUT2D eigenvalue weighted by atomic mass is 16.6. The third-order valence-electron chi connectivity index (χ3n) is 2.94. The summed E-state index contributed by atoms with van der Waals surface area (Å²) in [6.07, 6.45) is 6.04. The first-order valence-corrected chi connectivity index (χ1v) is 7.75. The van der Waals surface area contributed by atoms with Gasteiger partial charge in [0.05, 0.1) is 18.4 Å². The lowest BCUT2D eigenvalue weighted by atomic mass is 10.1. The van der Waals surface area contributed by atoms with Crippen molar-refractivity contribution in [2.75, 3.05) is 6.54 Å². The molecule has 5 nitrogen and oxygen atoms in total. The number of aliphatic imine (C=N–C) groups is 1. The second-order valence-electron chi connectivity index (χ2n) is 6.30. The summed E-state index contributed by atoms with van der Waals surface area (Å²) in [5.74, 6) is 0. The molecule has 0 saturated carbocycles. The van der Waals surface area contributed by atoms with E-state index < -0.39 is 11.7 Å². The van der Waals surface area contributed by atoms with Gasteiger partial charge in [-0.05, 0) is 52.2 Å². The average Bonchev–Trinajstić information content (AvgIpc) is 2.42. The van der Waals surface area contributed by atoms with E-state index in [2.05, 4.69) is 22.2 Å². The molecule has 1 amide bonds. The number of aryl methyl sites for hydroxylation is 1. The van der Waals surface area contributed by atoms with Gasteiger partial charge in [0.2, 0.25) is 0 Å². The Morgan fingerprint density at radius 3 is 2.73 bits per heavy atom. The van der Waals surface area contributed by atoms with Gasteiger partial charge >= 0.3 is 6.09 Å². The summed E-state index contributed by atoms with van der Waals surface area (Å²) in [6, 6.07) is 1.93. The van der Waals surface area contributed by atoms with Gasteiger partial charge in [0.1, 0.15) is 5.60 Å². The Morgan fingerprint density at radius 1 is 1.41 bits per heavy atom. The molecule has 122 valence electrons. The SMILES string of the molecule is CCCCC(CNC(=O)OC(C)(C)C)=Nc1cnccc1C. The number of nitrogens with zero attached hydrogens (tertiary/aromatic N) is 2. The first-order valence-electron chi connectivity index (χ1n) is 7.75. The van der Waals surface area contributed by atoms with Gasteiger partial charge in [0, 0.05) is 11.9 Å². The van der Waals surface area contributed by atoms with Crippen molar-refractivity contribution in [1.29, 1.82) is 0 Å². The second kappa shape index (κ2) is 8.51. The van der Waals surface area contributed by atoms with E-state index in [-0.39, 0.29) is 0 Å². The van der Waals surface area contributed by atoms with E-state index in [0.717, 1.165) is 36.2 Å².